The number of halogens is 2. The Bertz CT molecular complexity index is 698. The number of aromatic nitrogens is 2. The molecule has 2 N–H and O–H groups in total. The number of hydrogen-bond donors (Lipinski definition) is 1. The van der Waals surface area contributed by atoms with Crippen molar-refractivity contribution in [2.45, 2.75) is 32.7 Å². The van der Waals surface area contributed by atoms with E-state index < -0.39 is 0 Å². The van der Waals surface area contributed by atoms with Crippen molar-refractivity contribution in [3.05, 3.63) is 45.7 Å². The van der Waals surface area contributed by atoms with E-state index in [9.17, 15) is 0 Å². The zero-order valence-electron chi connectivity index (χ0n) is 12.0. The second kappa shape index (κ2) is 5.24. The molecule has 0 saturated heterocycles. The lowest BCUT2D eigenvalue weighted by molar-refractivity contribution is 0.278. The van der Waals surface area contributed by atoms with Gasteiger partial charge in [0, 0.05) is 34.1 Å². The van der Waals surface area contributed by atoms with Crippen LogP contribution in [0.5, 0.6) is 0 Å². The Morgan fingerprint density at radius 1 is 1.29 bits per heavy atom. The van der Waals surface area contributed by atoms with Gasteiger partial charge in [-0.25, -0.2) is 9.97 Å². The monoisotopic (exact) mass is 321 g/mol. The highest BCUT2D eigenvalue weighted by Crippen LogP contribution is 2.39. The predicted octanol–water partition coefficient (Wildman–Crippen LogP) is 4.42. The van der Waals surface area contributed by atoms with Crippen molar-refractivity contribution in [1.29, 1.82) is 0 Å². The van der Waals surface area contributed by atoms with Gasteiger partial charge in [0.05, 0.1) is 5.02 Å². The first-order valence-electron chi connectivity index (χ1n) is 6.92. The molecule has 110 valence electrons. The third kappa shape index (κ3) is 2.91. The van der Waals surface area contributed by atoms with Crippen molar-refractivity contribution < 1.29 is 0 Å². The van der Waals surface area contributed by atoms with Gasteiger partial charge in [0.15, 0.2) is 5.82 Å². The maximum absolute atomic E-state index is 6.24. The minimum absolute atomic E-state index is 0.00682. The van der Waals surface area contributed by atoms with Crippen LogP contribution < -0.4 is 5.73 Å². The van der Waals surface area contributed by atoms with Crippen LogP contribution in [0.3, 0.4) is 0 Å². The van der Waals surface area contributed by atoms with Crippen molar-refractivity contribution in [1.82, 2.24) is 9.97 Å². The van der Waals surface area contributed by atoms with Gasteiger partial charge in [-0.2, -0.15) is 0 Å². The molecule has 0 aliphatic heterocycles. The molecule has 1 aliphatic rings. The van der Waals surface area contributed by atoms with Gasteiger partial charge in [-0.1, -0.05) is 37.0 Å². The second-order valence-electron chi connectivity index (χ2n) is 6.37. The first kappa shape index (κ1) is 14.8. The molecule has 1 aliphatic carbocycles. The topological polar surface area (TPSA) is 51.8 Å². The van der Waals surface area contributed by atoms with E-state index in [1.165, 1.54) is 0 Å². The molecule has 3 rings (SSSR count). The highest BCUT2D eigenvalue weighted by Gasteiger charge is 2.31. The molecule has 1 aromatic carbocycles. The Hall–Kier alpha value is -1.16. The lowest BCUT2D eigenvalue weighted by Crippen LogP contribution is -2.30. The second-order valence-corrected chi connectivity index (χ2v) is 7.22. The summed E-state index contributed by atoms with van der Waals surface area (Å²) in [4.78, 5) is 9.13. The van der Waals surface area contributed by atoms with E-state index in [-0.39, 0.29) is 11.5 Å². The standard InChI is InChI=1S/C16H17Cl2N3/c1-16(2)6-13(19)11-8-20-15(21-14(11)7-16)10-5-9(17)3-4-12(10)18/h3-5,8,13H,6-7,19H2,1-2H3. The highest BCUT2D eigenvalue weighted by atomic mass is 35.5. The molecule has 1 atom stereocenters. The van der Waals surface area contributed by atoms with E-state index in [0.29, 0.717) is 15.9 Å². The molecule has 0 fully saturated rings. The molecule has 5 heteroatoms. The zero-order chi connectivity index (χ0) is 15.2. The van der Waals surface area contributed by atoms with E-state index >= 15 is 0 Å². The normalized spacial score (nSPS) is 20.1. The van der Waals surface area contributed by atoms with E-state index in [1.54, 1.807) is 18.2 Å². The largest absolute Gasteiger partial charge is 0.324 e. The van der Waals surface area contributed by atoms with Gasteiger partial charge in [0.1, 0.15) is 0 Å². The maximum Gasteiger partial charge on any atom is 0.160 e. The number of nitrogens with two attached hydrogens (primary N) is 1. The van der Waals surface area contributed by atoms with Crippen molar-refractivity contribution in [3.8, 4) is 11.4 Å². The van der Waals surface area contributed by atoms with Crippen LogP contribution in [-0.4, -0.2) is 9.97 Å². The number of rotatable bonds is 1. The Balaban J connectivity index is 2.09. The van der Waals surface area contributed by atoms with Crippen LogP contribution in [0.2, 0.25) is 10.0 Å². The van der Waals surface area contributed by atoms with Gasteiger partial charge >= 0.3 is 0 Å². The van der Waals surface area contributed by atoms with Gasteiger partial charge < -0.3 is 5.73 Å². The summed E-state index contributed by atoms with van der Waals surface area (Å²) in [6.45, 7) is 4.42. The molecular weight excluding hydrogens is 305 g/mol. The van der Waals surface area contributed by atoms with Crippen molar-refractivity contribution in [2.24, 2.45) is 11.1 Å². The summed E-state index contributed by atoms with van der Waals surface area (Å²) in [5.41, 5.74) is 9.19. The SMILES string of the molecule is CC1(C)Cc2nc(-c3cc(Cl)ccc3Cl)ncc2C(N)C1. The molecule has 0 radical (unpaired) electrons. The molecule has 1 aromatic heterocycles. The molecule has 0 spiro atoms. The lowest BCUT2D eigenvalue weighted by atomic mass is 9.74. The molecule has 3 nitrogen and oxygen atoms in total. The van der Waals surface area contributed by atoms with Crippen LogP contribution in [0.15, 0.2) is 24.4 Å². The fourth-order valence-corrected chi connectivity index (χ4v) is 3.28. The highest BCUT2D eigenvalue weighted by molar-refractivity contribution is 6.35. The molecule has 0 saturated carbocycles. The van der Waals surface area contributed by atoms with Gasteiger partial charge in [0.25, 0.3) is 0 Å². The number of fused-ring (bicyclic) bond motifs is 1. The third-order valence-electron chi connectivity index (χ3n) is 3.89. The van der Waals surface area contributed by atoms with Crippen LogP contribution in [-0.2, 0) is 6.42 Å². The Morgan fingerprint density at radius 3 is 2.81 bits per heavy atom. The average Bonchev–Trinajstić information content (AvgIpc) is 2.39. The summed E-state index contributed by atoms with van der Waals surface area (Å²) in [7, 11) is 0. The predicted molar refractivity (Wildman–Crippen MR) is 86.5 cm³/mol. The Morgan fingerprint density at radius 2 is 2.05 bits per heavy atom. The van der Waals surface area contributed by atoms with Crippen LogP contribution in [0.1, 0.15) is 37.6 Å². The van der Waals surface area contributed by atoms with E-state index in [1.807, 2.05) is 6.20 Å². The van der Waals surface area contributed by atoms with Crippen molar-refractivity contribution >= 4 is 23.2 Å². The smallest absolute Gasteiger partial charge is 0.160 e. The molecule has 2 aromatic rings. The molecule has 1 unspecified atom stereocenters. The molecular formula is C16H17Cl2N3. The van der Waals surface area contributed by atoms with Crippen LogP contribution in [0.25, 0.3) is 11.4 Å². The Labute approximate surface area is 134 Å². The molecule has 21 heavy (non-hydrogen) atoms. The zero-order valence-corrected chi connectivity index (χ0v) is 13.5. The van der Waals surface area contributed by atoms with Gasteiger partial charge in [-0.3, -0.25) is 0 Å². The quantitative estimate of drug-likeness (QED) is 0.845. The first-order chi connectivity index (χ1) is 9.85. The summed E-state index contributed by atoms with van der Waals surface area (Å²) in [5.74, 6) is 0.603. The first-order valence-corrected chi connectivity index (χ1v) is 7.68. The van der Waals surface area contributed by atoms with E-state index in [2.05, 4.69) is 18.8 Å². The number of benzene rings is 1. The van der Waals surface area contributed by atoms with Crippen LogP contribution >= 0.6 is 23.2 Å². The minimum atomic E-state index is -0.00682. The average molecular weight is 322 g/mol. The number of nitrogens with zero attached hydrogens (tertiary/aromatic N) is 2. The fraction of sp³-hybridized carbons (Fsp3) is 0.375. The van der Waals surface area contributed by atoms with Crippen molar-refractivity contribution in [3.63, 3.8) is 0 Å². The fourth-order valence-electron chi connectivity index (χ4n) is 2.91. The third-order valence-corrected chi connectivity index (χ3v) is 4.45. The molecule has 0 bridgehead atoms. The molecule has 1 heterocycles. The minimum Gasteiger partial charge on any atom is -0.324 e. The summed E-state index contributed by atoms with van der Waals surface area (Å²) in [5, 5.41) is 1.21. The van der Waals surface area contributed by atoms with E-state index in [4.69, 9.17) is 33.9 Å². The van der Waals surface area contributed by atoms with Gasteiger partial charge in [-0.05, 0) is 36.5 Å². The van der Waals surface area contributed by atoms with Crippen LogP contribution in [0.4, 0.5) is 0 Å². The number of hydrogen-bond acceptors (Lipinski definition) is 3. The van der Waals surface area contributed by atoms with Gasteiger partial charge in [0.2, 0.25) is 0 Å². The van der Waals surface area contributed by atoms with Gasteiger partial charge in [-0.15, -0.1) is 0 Å². The molecule has 0 amide bonds. The summed E-state index contributed by atoms with van der Waals surface area (Å²) in [6.07, 6.45) is 3.67. The maximum atomic E-state index is 6.24. The van der Waals surface area contributed by atoms with Crippen LogP contribution in [0, 0.1) is 5.41 Å². The summed E-state index contributed by atoms with van der Waals surface area (Å²) >= 11 is 12.3. The lowest BCUT2D eigenvalue weighted by Gasteiger charge is -2.34. The summed E-state index contributed by atoms with van der Waals surface area (Å²) < 4.78 is 0. The van der Waals surface area contributed by atoms with E-state index in [0.717, 1.165) is 29.7 Å². The Kier molecular flexibility index (Phi) is 3.68. The summed E-state index contributed by atoms with van der Waals surface area (Å²) in [6, 6.07) is 5.30. The van der Waals surface area contributed by atoms with Crippen molar-refractivity contribution in [2.75, 3.05) is 0 Å².